The number of nitrogens with zero attached hydrogens (tertiary/aromatic N) is 3. The molecule has 1 aliphatic heterocycles. The summed E-state index contributed by atoms with van der Waals surface area (Å²) in [5, 5.41) is 8.93. The molecule has 1 aromatic rings. The van der Waals surface area contributed by atoms with Crippen LogP contribution in [0.5, 0.6) is 0 Å². The fourth-order valence-corrected chi connectivity index (χ4v) is 3.17. The Morgan fingerprint density at radius 1 is 1.47 bits per heavy atom. The van der Waals surface area contributed by atoms with Gasteiger partial charge in [0.2, 0.25) is 5.95 Å². The summed E-state index contributed by atoms with van der Waals surface area (Å²) in [5.41, 5.74) is 5.79. The minimum atomic E-state index is 0.288. The van der Waals surface area contributed by atoms with Crippen LogP contribution in [0, 0.1) is 0 Å². The Morgan fingerprint density at radius 2 is 2.24 bits per heavy atom. The van der Waals surface area contributed by atoms with E-state index < -0.39 is 0 Å². The Kier molecular flexibility index (Phi) is 3.93. The first-order valence-electron chi connectivity index (χ1n) is 6.06. The predicted molar refractivity (Wildman–Crippen MR) is 69.1 cm³/mol. The number of ether oxygens (including phenoxy) is 1. The van der Waals surface area contributed by atoms with Crippen LogP contribution in [0.1, 0.15) is 39.7 Å². The lowest BCUT2D eigenvalue weighted by Crippen LogP contribution is -2.12. The molecule has 5 nitrogen and oxygen atoms in total. The number of thioether (sulfide) groups is 1. The Balaban J connectivity index is 1.95. The Bertz CT molecular complexity index is 380. The van der Waals surface area contributed by atoms with Crippen molar-refractivity contribution in [2.45, 2.75) is 57.0 Å². The summed E-state index contributed by atoms with van der Waals surface area (Å²) in [6.07, 6.45) is 3.03. The topological polar surface area (TPSA) is 66.0 Å². The van der Waals surface area contributed by atoms with Crippen LogP contribution in [0.2, 0.25) is 0 Å². The summed E-state index contributed by atoms with van der Waals surface area (Å²) in [7, 11) is 0. The normalized spacial score (nSPS) is 24.7. The molecule has 0 aromatic carbocycles. The van der Waals surface area contributed by atoms with Crippen molar-refractivity contribution >= 4 is 17.7 Å². The summed E-state index contributed by atoms with van der Waals surface area (Å²) in [5.74, 6) is 1.41. The van der Waals surface area contributed by atoms with Crippen LogP contribution in [0.25, 0.3) is 0 Å². The van der Waals surface area contributed by atoms with Crippen molar-refractivity contribution in [2.24, 2.45) is 0 Å². The highest BCUT2D eigenvalue weighted by molar-refractivity contribution is 7.99. The first-order valence-corrected chi connectivity index (χ1v) is 7.05. The van der Waals surface area contributed by atoms with Crippen LogP contribution in [0.4, 0.5) is 5.95 Å². The SMILES string of the molecule is CC1CCC(CSc2nnc(N)n2C(C)C)O1. The van der Waals surface area contributed by atoms with Crippen LogP contribution in [-0.4, -0.2) is 32.7 Å². The number of rotatable bonds is 4. The minimum Gasteiger partial charge on any atom is -0.374 e. The van der Waals surface area contributed by atoms with Gasteiger partial charge in [0, 0.05) is 11.8 Å². The van der Waals surface area contributed by atoms with Gasteiger partial charge in [0.15, 0.2) is 5.16 Å². The Morgan fingerprint density at radius 3 is 2.82 bits per heavy atom. The monoisotopic (exact) mass is 256 g/mol. The summed E-state index contributed by atoms with van der Waals surface area (Å²) in [6.45, 7) is 6.29. The van der Waals surface area contributed by atoms with Crippen molar-refractivity contribution < 1.29 is 4.74 Å². The number of nitrogens with two attached hydrogens (primary N) is 1. The van der Waals surface area contributed by atoms with Gasteiger partial charge in [0.25, 0.3) is 0 Å². The van der Waals surface area contributed by atoms with E-state index in [-0.39, 0.29) is 6.04 Å². The first kappa shape index (κ1) is 12.7. The lowest BCUT2D eigenvalue weighted by atomic mass is 10.2. The highest BCUT2D eigenvalue weighted by atomic mass is 32.2. The van der Waals surface area contributed by atoms with Crippen molar-refractivity contribution in [1.82, 2.24) is 14.8 Å². The summed E-state index contributed by atoms with van der Waals surface area (Å²) >= 11 is 1.68. The molecule has 2 unspecified atom stereocenters. The van der Waals surface area contributed by atoms with Gasteiger partial charge in [0.05, 0.1) is 12.2 Å². The molecule has 96 valence electrons. The molecule has 1 aromatic heterocycles. The van der Waals surface area contributed by atoms with Gasteiger partial charge in [-0.05, 0) is 33.6 Å². The highest BCUT2D eigenvalue weighted by Crippen LogP contribution is 2.27. The van der Waals surface area contributed by atoms with Gasteiger partial charge in [-0.3, -0.25) is 4.57 Å². The predicted octanol–water partition coefficient (Wildman–Crippen LogP) is 2.10. The van der Waals surface area contributed by atoms with E-state index in [1.165, 1.54) is 0 Å². The molecule has 1 saturated heterocycles. The molecule has 0 bridgehead atoms. The fraction of sp³-hybridized carbons (Fsp3) is 0.818. The second-order valence-corrected chi connectivity index (χ2v) is 5.75. The molecule has 0 radical (unpaired) electrons. The molecule has 2 atom stereocenters. The van der Waals surface area contributed by atoms with Gasteiger partial charge < -0.3 is 10.5 Å². The van der Waals surface area contributed by atoms with Crippen molar-refractivity contribution in [3.63, 3.8) is 0 Å². The fourth-order valence-electron chi connectivity index (χ4n) is 2.05. The Labute approximate surface area is 106 Å². The maximum atomic E-state index is 5.79. The maximum absolute atomic E-state index is 5.79. The third-order valence-corrected chi connectivity index (χ3v) is 4.00. The van der Waals surface area contributed by atoms with Gasteiger partial charge in [-0.2, -0.15) is 0 Å². The quantitative estimate of drug-likeness (QED) is 0.836. The smallest absolute Gasteiger partial charge is 0.222 e. The molecule has 17 heavy (non-hydrogen) atoms. The van der Waals surface area contributed by atoms with Gasteiger partial charge >= 0.3 is 0 Å². The molecule has 6 heteroatoms. The van der Waals surface area contributed by atoms with E-state index in [2.05, 4.69) is 31.0 Å². The van der Waals surface area contributed by atoms with Crippen molar-refractivity contribution in [2.75, 3.05) is 11.5 Å². The molecule has 2 rings (SSSR count). The van der Waals surface area contributed by atoms with Crippen molar-refractivity contribution in [1.29, 1.82) is 0 Å². The molecule has 0 spiro atoms. The van der Waals surface area contributed by atoms with Crippen LogP contribution in [-0.2, 0) is 4.74 Å². The summed E-state index contributed by atoms with van der Waals surface area (Å²) < 4.78 is 7.74. The van der Waals surface area contributed by atoms with Gasteiger partial charge in [-0.1, -0.05) is 11.8 Å². The third kappa shape index (κ3) is 2.93. The molecule has 0 amide bonds. The van der Waals surface area contributed by atoms with Crippen molar-refractivity contribution in [3.8, 4) is 0 Å². The summed E-state index contributed by atoms with van der Waals surface area (Å²) in [4.78, 5) is 0. The highest BCUT2D eigenvalue weighted by Gasteiger charge is 2.23. The molecule has 0 aliphatic carbocycles. The summed E-state index contributed by atoms with van der Waals surface area (Å²) in [6, 6.07) is 0.288. The number of hydrogen-bond acceptors (Lipinski definition) is 5. The zero-order chi connectivity index (χ0) is 12.4. The van der Waals surface area contributed by atoms with E-state index >= 15 is 0 Å². The molecule has 1 aliphatic rings. The molecule has 2 N–H and O–H groups in total. The average Bonchev–Trinajstić information content (AvgIpc) is 2.82. The van der Waals surface area contributed by atoms with E-state index in [9.17, 15) is 0 Å². The number of nitrogen functional groups attached to an aromatic ring is 1. The maximum Gasteiger partial charge on any atom is 0.222 e. The first-order chi connectivity index (χ1) is 8.08. The van der Waals surface area contributed by atoms with E-state index in [1.54, 1.807) is 11.8 Å². The zero-order valence-electron chi connectivity index (χ0n) is 10.6. The van der Waals surface area contributed by atoms with Crippen LogP contribution < -0.4 is 5.73 Å². The van der Waals surface area contributed by atoms with Crippen molar-refractivity contribution in [3.05, 3.63) is 0 Å². The van der Waals surface area contributed by atoms with Gasteiger partial charge in [0.1, 0.15) is 0 Å². The van der Waals surface area contributed by atoms with E-state index in [0.29, 0.717) is 18.2 Å². The average molecular weight is 256 g/mol. The van der Waals surface area contributed by atoms with E-state index in [1.807, 2.05) is 4.57 Å². The zero-order valence-corrected chi connectivity index (χ0v) is 11.4. The largest absolute Gasteiger partial charge is 0.374 e. The lowest BCUT2D eigenvalue weighted by molar-refractivity contribution is 0.0699. The van der Waals surface area contributed by atoms with E-state index in [4.69, 9.17) is 10.5 Å². The number of anilines is 1. The molecular formula is C11H20N4OS. The number of hydrogen-bond donors (Lipinski definition) is 1. The molecular weight excluding hydrogens is 236 g/mol. The second-order valence-electron chi connectivity index (χ2n) is 4.76. The minimum absolute atomic E-state index is 0.288. The van der Waals surface area contributed by atoms with Crippen LogP contribution in [0.15, 0.2) is 5.16 Å². The Hall–Kier alpha value is -0.750. The van der Waals surface area contributed by atoms with E-state index in [0.717, 1.165) is 23.8 Å². The lowest BCUT2D eigenvalue weighted by Gasteiger charge is -2.13. The van der Waals surface area contributed by atoms with Gasteiger partial charge in [-0.15, -0.1) is 10.2 Å². The standard InChI is InChI=1S/C11H20N4OS/c1-7(2)15-10(12)13-14-11(15)17-6-9-5-4-8(3)16-9/h7-9H,4-6H2,1-3H3,(H2,12,13). The second kappa shape index (κ2) is 5.27. The van der Waals surface area contributed by atoms with Gasteiger partial charge in [-0.25, -0.2) is 0 Å². The molecule has 2 heterocycles. The molecule has 0 saturated carbocycles. The van der Waals surface area contributed by atoms with Crippen LogP contribution in [0.3, 0.4) is 0 Å². The van der Waals surface area contributed by atoms with Crippen LogP contribution >= 0.6 is 11.8 Å². The third-order valence-electron chi connectivity index (χ3n) is 2.93. The molecule has 1 fully saturated rings. The number of aromatic nitrogens is 3.